The van der Waals surface area contributed by atoms with Crippen LogP contribution in [0.25, 0.3) is 16.8 Å². The number of hydrogen-bond donors (Lipinski definition) is 1. The number of ether oxygens (including phenoxy) is 1. The SMILES string of the molecule is COc1ccccc1/C=C/C(=O)c1c(O)ccc2ccccc12. The molecule has 0 saturated heterocycles. The summed E-state index contributed by atoms with van der Waals surface area (Å²) in [5, 5.41) is 11.8. The number of phenolic OH excluding ortho intramolecular Hbond substituents is 1. The molecular weight excluding hydrogens is 288 g/mol. The summed E-state index contributed by atoms with van der Waals surface area (Å²) < 4.78 is 5.27. The Kier molecular flexibility index (Phi) is 4.11. The van der Waals surface area contributed by atoms with Crippen molar-refractivity contribution in [1.82, 2.24) is 0 Å². The van der Waals surface area contributed by atoms with Crippen LogP contribution in [0, 0.1) is 0 Å². The average molecular weight is 304 g/mol. The Balaban J connectivity index is 2.01. The molecule has 0 aromatic heterocycles. The number of para-hydroxylation sites is 1. The van der Waals surface area contributed by atoms with Crippen molar-refractivity contribution in [3.8, 4) is 11.5 Å². The third-order valence-electron chi connectivity index (χ3n) is 3.71. The van der Waals surface area contributed by atoms with Crippen LogP contribution in [0.1, 0.15) is 15.9 Å². The predicted octanol–water partition coefficient (Wildman–Crippen LogP) is 4.45. The smallest absolute Gasteiger partial charge is 0.190 e. The van der Waals surface area contributed by atoms with Gasteiger partial charge in [-0.25, -0.2) is 0 Å². The standard InChI is InChI=1S/C20H16O3/c1-23-19-9-5-3-7-15(19)11-13-18(22)20-16-8-4-2-6-14(16)10-12-17(20)21/h2-13,21H,1H3/b13-11+. The zero-order valence-corrected chi connectivity index (χ0v) is 12.7. The van der Waals surface area contributed by atoms with Gasteiger partial charge in [0.05, 0.1) is 12.7 Å². The van der Waals surface area contributed by atoms with Gasteiger partial charge < -0.3 is 9.84 Å². The zero-order chi connectivity index (χ0) is 16.2. The molecule has 3 rings (SSSR count). The lowest BCUT2D eigenvalue weighted by atomic mass is 9.99. The molecular formula is C20H16O3. The van der Waals surface area contributed by atoms with E-state index in [0.29, 0.717) is 11.3 Å². The number of benzene rings is 3. The van der Waals surface area contributed by atoms with E-state index >= 15 is 0 Å². The molecule has 3 nitrogen and oxygen atoms in total. The second kappa shape index (κ2) is 6.36. The van der Waals surface area contributed by atoms with Crippen molar-refractivity contribution < 1.29 is 14.6 Å². The Bertz CT molecular complexity index is 894. The first-order valence-electron chi connectivity index (χ1n) is 7.27. The minimum Gasteiger partial charge on any atom is -0.507 e. The van der Waals surface area contributed by atoms with Crippen molar-refractivity contribution in [3.05, 3.63) is 77.9 Å². The maximum absolute atomic E-state index is 12.6. The highest BCUT2D eigenvalue weighted by molar-refractivity contribution is 6.16. The Morgan fingerprint density at radius 1 is 1.00 bits per heavy atom. The van der Waals surface area contributed by atoms with Gasteiger partial charge >= 0.3 is 0 Å². The lowest BCUT2D eigenvalue weighted by molar-refractivity contribution is 0.104. The highest BCUT2D eigenvalue weighted by Gasteiger charge is 2.12. The van der Waals surface area contributed by atoms with E-state index in [1.54, 1.807) is 25.3 Å². The van der Waals surface area contributed by atoms with Gasteiger partial charge in [0.25, 0.3) is 0 Å². The lowest BCUT2D eigenvalue weighted by Crippen LogP contribution is -1.97. The van der Waals surface area contributed by atoms with E-state index < -0.39 is 0 Å². The molecule has 3 aromatic rings. The van der Waals surface area contributed by atoms with Crippen LogP contribution >= 0.6 is 0 Å². The Hall–Kier alpha value is -3.07. The average Bonchev–Trinajstić information content (AvgIpc) is 2.59. The third kappa shape index (κ3) is 2.94. The van der Waals surface area contributed by atoms with E-state index in [2.05, 4.69) is 0 Å². The molecule has 0 aliphatic carbocycles. The number of rotatable bonds is 4. The number of aromatic hydroxyl groups is 1. The third-order valence-corrected chi connectivity index (χ3v) is 3.71. The lowest BCUT2D eigenvalue weighted by Gasteiger charge is -2.06. The second-order valence-electron chi connectivity index (χ2n) is 5.12. The number of methoxy groups -OCH3 is 1. The van der Waals surface area contributed by atoms with Crippen molar-refractivity contribution in [2.24, 2.45) is 0 Å². The molecule has 0 bridgehead atoms. The van der Waals surface area contributed by atoms with Gasteiger partial charge in [-0.3, -0.25) is 4.79 Å². The second-order valence-corrected chi connectivity index (χ2v) is 5.12. The molecule has 0 spiro atoms. The molecule has 0 radical (unpaired) electrons. The fourth-order valence-corrected chi connectivity index (χ4v) is 2.57. The molecule has 0 amide bonds. The van der Waals surface area contributed by atoms with E-state index in [9.17, 15) is 9.90 Å². The number of allylic oxidation sites excluding steroid dienone is 1. The van der Waals surface area contributed by atoms with Crippen LogP contribution in [0.15, 0.2) is 66.7 Å². The summed E-state index contributed by atoms with van der Waals surface area (Å²) >= 11 is 0. The minimum atomic E-state index is -0.245. The quantitative estimate of drug-likeness (QED) is 0.572. The summed E-state index contributed by atoms with van der Waals surface area (Å²) in [6.45, 7) is 0. The number of fused-ring (bicyclic) bond motifs is 1. The highest BCUT2D eigenvalue weighted by atomic mass is 16.5. The molecule has 0 aliphatic rings. The van der Waals surface area contributed by atoms with E-state index in [1.807, 2.05) is 48.5 Å². The summed E-state index contributed by atoms with van der Waals surface area (Å²) in [6.07, 6.45) is 3.15. The predicted molar refractivity (Wildman–Crippen MR) is 92.0 cm³/mol. The molecule has 0 unspecified atom stereocenters. The molecule has 0 heterocycles. The van der Waals surface area contributed by atoms with Crippen LogP contribution in [-0.4, -0.2) is 18.0 Å². The molecule has 1 N–H and O–H groups in total. The Morgan fingerprint density at radius 3 is 2.57 bits per heavy atom. The van der Waals surface area contributed by atoms with Gasteiger partial charge in [-0.15, -0.1) is 0 Å². The minimum absolute atomic E-state index is 0.0154. The van der Waals surface area contributed by atoms with Crippen molar-refractivity contribution in [1.29, 1.82) is 0 Å². The van der Waals surface area contributed by atoms with Crippen molar-refractivity contribution >= 4 is 22.6 Å². The summed E-state index contributed by atoms with van der Waals surface area (Å²) in [7, 11) is 1.59. The summed E-state index contributed by atoms with van der Waals surface area (Å²) in [4.78, 5) is 12.6. The van der Waals surface area contributed by atoms with Crippen molar-refractivity contribution in [2.75, 3.05) is 7.11 Å². The maximum atomic E-state index is 12.6. The highest BCUT2D eigenvalue weighted by Crippen LogP contribution is 2.28. The van der Waals surface area contributed by atoms with Crippen LogP contribution in [0.5, 0.6) is 11.5 Å². The zero-order valence-electron chi connectivity index (χ0n) is 12.7. The van der Waals surface area contributed by atoms with Gasteiger partial charge in [0, 0.05) is 5.56 Å². The van der Waals surface area contributed by atoms with Crippen LogP contribution in [0.4, 0.5) is 0 Å². The van der Waals surface area contributed by atoms with E-state index in [0.717, 1.165) is 16.3 Å². The first kappa shape index (κ1) is 14.9. The molecule has 0 saturated carbocycles. The van der Waals surface area contributed by atoms with Gasteiger partial charge in [0.1, 0.15) is 11.5 Å². The molecule has 0 fully saturated rings. The van der Waals surface area contributed by atoms with Gasteiger partial charge in [0.15, 0.2) is 5.78 Å². The monoisotopic (exact) mass is 304 g/mol. The number of hydrogen-bond acceptors (Lipinski definition) is 3. The summed E-state index contributed by atoms with van der Waals surface area (Å²) in [5.41, 5.74) is 1.12. The first-order chi connectivity index (χ1) is 11.2. The van der Waals surface area contributed by atoms with Gasteiger partial charge in [0.2, 0.25) is 0 Å². The number of ketones is 1. The van der Waals surface area contributed by atoms with E-state index in [1.165, 1.54) is 6.08 Å². The van der Waals surface area contributed by atoms with Crippen LogP contribution in [0.2, 0.25) is 0 Å². The van der Waals surface area contributed by atoms with E-state index in [4.69, 9.17) is 4.74 Å². The Labute approximate surface area is 134 Å². The summed E-state index contributed by atoms with van der Waals surface area (Å²) in [5.74, 6) is 0.433. The topological polar surface area (TPSA) is 46.5 Å². The molecule has 0 atom stereocenters. The number of carbonyl (C=O) groups is 1. The molecule has 3 aromatic carbocycles. The normalized spacial score (nSPS) is 11.0. The molecule has 23 heavy (non-hydrogen) atoms. The number of phenols is 1. The van der Waals surface area contributed by atoms with Crippen LogP contribution in [0.3, 0.4) is 0 Å². The molecule has 3 heteroatoms. The van der Waals surface area contributed by atoms with Crippen LogP contribution < -0.4 is 4.74 Å². The van der Waals surface area contributed by atoms with Crippen molar-refractivity contribution in [2.45, 2.75) is 0 Å². The fraction of sp³-hybridized carbons (Fsp3) is 0.0500. The molecule has 114 valence electrons. The Morgan fingerprint density at radius 2 is 1.74 bits per heavy atom. The largest absolute Gasteiger partial charge is 0.507 e. The maximum Gasteiger partial charge on any atom is 0.190 e. The van der Waals surface area contributed by atoms with Crippen molar-refractivity contribution in [3.63, 3.8) is 0 Å². The van der Waals surface area contributed by atoms with Crippen LogP contribution in [-0.2, 0) is 0 Å². The number of carbonyl (C=O) groups excluding carboxylic acids is 1. The van der Waals surface area contributed by atoms with Gasteiger partial charge in [-0.2, -0.15) is 0 Å². The summed E-state index contributed by atoms with van der Waals surface area (Å²) in [6, 6.07) is 18.3. The van der Waals surface area contributed by atoms with E-state index in [-0.39, 0.29) is 11.5 Å². The fourth-order valence-electron chi connectivity index (χ4n) is 2.57. The molecule has 0 aliphatic heterocycles. The van der Waals surface area contributed by atoms with Gasteiger partial charge in [-0.1, -0.05) is 48.5 Å². The van der Waals surface area contributed by atoms with Gasteiger partial charge in [-0.05, 0) is 35.1 Å². The first-order valence-corrected chi connectivity index (χ1v) is 7.27.